The molecule has 1 atom stereocenters. The predicted octanol–water partition coefficient (Wildman–Crippen LogP) is 3.57. The van der Waals surface area contributed by atoms with Crippen LogP contribution >= 0.6 is 0 Å². The highest BCUT2D eigenvalue weighted by atomic mass is 16.5. The molecule has 1 aromatic carbocycles. The van der Waals surface area contributed by atoms with Crippen molar-refractivity contribution in [3.05, 3.63) is 41.1 Å². The zero-order valence-electron chi connectivity index (χ0n) is 15.0. The molecule has 128 valence electrons. The maximum absolute atomic E-state index is 5.33. The summed E-state index contributed by atoms with van der Waals surface area (Å²) in [6.07, 6.45) is 2.05. The van der Waals surface area contributed by atoms with Crippen LogP contribution in [0.3, 0.4) is 0 Å². The number of anilines is 2. The summed E-state index contributed by atoms with van der Waals surface area (Å²) in [5, 5.41) is 3.38. The zero-order chi connectivity index (χ0) is 17.1. The molecule has 0 saturated heterocycles. The maximum Gasteiger partial charge on any atom is 0.225 e. The van der Waals surface area contributed by atoms with E-state index in [4.69, 9.17) is 9.72 Å². The third-order valence-electron chi connectivity index (χ3n) is 4.58. The van der Waals surface area contributed by atoms with E-state index in [0.29, 0.717) is 6.04 Å². The molecule has 0 radical (unpaired) electrons. The molecular formula is C19H26N4O. The molecule has 0 aliphatic carbocycles. The molecule has 0 saturated carbocycles. The SMILES string of the molecule is CC[C@@H](C)Nc1nc(C)cc(N2CCc3cc(OC)ccc3C2)n1. The molecule has 0 fully saturated rings. The van der Waals surface area contributed by atoms with Crippen LogP contribution in [0.1, 0.15) is 37.1 Å². The summed E-state index contributed by atoms with van der Waals surface area (Å²) in [7, 11) is 1.71. The highest BCUT2D eigenvalue weighted by molar-refractivity contribution is 5.49. The van der Waals surface area contributed by atoms with Gasteiger partial charge in [0, 0.05) is 30.9 Å². The van der Waals surface area contributed by atoms with Crippen molar-refractivity contribution in [2.45, 2.75) is 46.2 Å². The third kappa shape index (κ3) is 3.61. The average molecular weight is 326 g/mol. The molecule has 5 nitrogen and oxygen atoms in total. The molecule has 2 heterocycles. The van der Waals surface area contributed by atoms with Gasteiger partial charge in [0.1, 0.15) is 11.6 Å². The zero-order valence-corrected chi connectivity index (χ0v) is 15.0. The second-order valence-electron chi connectivity index (χ2n) is 6.45. The number of hydrogen-bond acceptors (Lipinski definition) is 5. The quantitative estimate of drug-likeness (QED) is 0.910. The first kappa shape index (κ1) is 16.6. The van der Waals surface area contributed by atoms with E-state index in [0.717, 1.165) is 49.1 Å². The standard InChI is InChI=1S/C19H26N4O/c1-5-13(2)20-19-21-14(3)10-18(22-19)23-9-8-15-11-17(24-4)7-6-16(15)12-23/h6-7,10-11,13H,5,8-9,12H2,1-4H3,(H,20,21,22)/t13-/m1/s1. The van der Waals surface area contributed by atoms with Gasteiger partial charge >= 0.3 is 0 Å². The number of nitrogens with one attached hydrogen (secondary N) is 1. The molecule has 0 bridgehead atoms. The fourth-order valence-electron chi connectivity index (χ4n) is 2.95. The Hall–Kier alpha value is -2.30. The Bertz CT molecular complexity index is 717. The second-order valence-corrected chi connectivity index (χ2v) is 6.45. The Balaban J connectivity index is 1.82. The fourth-order valence-corrected chi connectivity index (χ4v) is 2.95. The largest absolute Gasteiger partial charge is 0.497 e. The molecule has 1 N–H and O–H groups in total. The van der Waals surface area contributed by atoms with Gasteiger partial charge in [-0.2, -0.15) is 4.98 Å². The van der Waals surface area contributed by atoms with Crippen LogP contribution in [0.5, 0.6) is 5.75 Å². The van der Waals surface area contributed by atoms with Gasteiger partial charge in [-0.3, -0.25) is 0 Å². The molecule has 24 heavy (non-hydrogen) atoms. The van der Waals surface area contributed by atoms with Gasteiger partial charge in [-0.15, -0.1) is 0 Å². The number of fused-ring (bicyclic) bond motifs is 1. The number of aromatic nitrogens is 2. The van der Waals surface area contributed by atoms with E-state index in [1.807, 2.05) is 13.0 Å². The van der Waals surface area contributed by atoms with Crippen LogP contribution < -0.4 is 15.0 Å². The molecule has 0 amide bonds. The van der Waals surface area contributed by atoms with E-state index < -0.39 is 0 Å². The number of benzene rings is 1. The minimum atomic E-state index is 0.370. The average Bonchev–Trinajstić information content (AvgIpc) is 2.60. The topological polar surface area (TPSA) is 50.3 Å². The van der Waals surface area contributed by atoms with Gasteiger partial charge in [0.2, 0.25) is 5.95 Å². The van der Waals surface area contributed by atoms with Crippen LogP contribution in [0.25, 0.3) is 0 Å². The van der Waals surface area contributed by atoms with Crippen molar-refractivity contribution in [2.24, 2.45) is 0 Å². The Morgan fingerprint density at radius 3 is 2.83 bits per heavy atom. The van der Waals surface area contributed by atoms with Crippen molar-refractivity contribution in [3.8, 4) is 5.75 Å². The van der Waals surface area contributed by atoms with Crippen molar-refractivity contribution in [1.82, 2.24) is 9.97 Å². The monoisotopic (exact) mass is 326 g/mol. The fraction of sp³-hybridized carbons (Fsp3) is 0.474. The summed E-state index contributed by atoms with van der Waals surface area (Å²) >= 11 is 0. The molecule has 1 aliphatic heterocycles. The second kappa shape index (κ2) is 7.07. The lowest BCUT2D eigenvalue weighted by atomic mass is 9.99. The normalized spacial score (nSPS) is 14.9. The highest BCUT2D eigenvalue weighted by Gasteiger charge is 2.19. The predicted molar refractivity (Wildman–Crippen MR) is 97.9 cm³/mol. The van der Waals surface area contributed by atoms with Gasteiger partial charge in [0.05, 0.1) is 7.11 Å². The van der Waals surface area contributed by atoms with E-state index in [-0.39, 0.29) is 0 Å². The van der Waals surface area contributed by atoms with Gasteiger partial charge in [0.25, 0.3) is 0 Å². The van der Waals surface area contributed by atoms with Gasteiger partial charge < -0.3 is 15.0 Å². The summed E-state index contributed by atoms with van der Waals surface area (Å²) < 4.78 is 5.33. The van der Waals surface area contributed by atoms with Crippen LogP contribution in [0.4, 0.5) is 11.8 Å². The van der Waals surface area contributed by atoms with E-state index >= 15 is 0 Å². The van der Waals surface area contributed by atoms with E-state index in [9.17, 15) is 0 Å². The number of ether oxygens (including phenoxy) is 1. The molecule has 2 aromatic rings. The van der Waals surface area contributed by atoms with E-state index in [2.05, 4.69) is 47.2 Å². The Kier molecular flexibility index (Phi) is 4.88. The molecule has 0 unspecified atom stereocenters. The summed E-state index contributed by atoms with van der Waals surface area (Å²) in [6.45, 7) is 8.16. The van der Waals surface area contributed by atoms with Gasteiger partial charge in [-0.05, 0) is 49.9 Å². The highest BCUT2D eigenvalue weighted by Crippen LogP contribution is 2.27. The van der Waals surface area contributed by atoms with Crippen LogP contribution in [0.2, 0.25) is 0 Å². The summed E-state index contributed by atoms with van der Waals surface area (Å²) in [4.78, 5) is 11.6. The number of aryl methyl sites for hydroxylation is 1. The van der Waals surface area contributed by atoms with Crippen molar-refractivity contribution in [1.29, 1.82) is 0 Å². The lowest BCUT2D eigenvalue weighted by molar-refractivity contribution is 0.413. The van der Waals surface area contributed by atoms with E-state index in [1.54, 1.807) is 7.11 Å². The van der Waals surface area contributed by atoms with Gasteiger partial charge in [-0.1, -0.05) is 13.0 Å². The van der Waals surface area contributed by atoms with Gasteiger partial charge in [-0.25, -0.2) is 4.98 Å². The van der Waals surface area contributed by atoms with Crippen molar-refractivity contribution in [2.75, 3.05) is 23.9 Å². The number of hydrogen-bond donors (Lipinski definition) is 1. The first-order chi connectivity index (χ1) is 11.6. The Morgan fingerprint density at radius 1 is 1.25 bits per heavy atom. The lowest BCUT2D eigenvalue weighted by Gasteiger charge is -2.30. The molecule has 3 rings (SSSR count). The first-order valence-corrected chi connectivity index (χ1v) is 8.62. The van der Waals surface area contributed by atoms with Crippen LogP contribution in [0, 0.1) is 6.92 Å². The van der Waals surface area contributed by atoms with Crippen LogP contribution in [0.15, 0.2) is 24.3 Å². The number of rotatable bonds is 5. The number of nitrogens with zero attached hydrogens (tertiary/aromatic N) is 3. The maximum atomic E-state index is 5.33. The minimum Gasteiger partial charge on any atom is -0.497 e. The number of methoxy groups -OCH3 is 1. The van der Waals surface area contributed by atoms with E-state index in [1.165, 1.54) is 11.1 Å². The van der Waals surface area contributed by atoms with Crippen molar-refractivity contribution in [3.63, 3.8) is 0 Å². The van der Waals surface area contributed by atoms with Crippen molar-refractivity contribution < 1.29 is 4.74 Å². The molecule has 0 spiro atoms. The Labute approximate surface area is 144 Å². The smallest absolute Gasteiger partial charge is 0.225 e. The third-order valence-corrected chi connectivity index (χ3v) is 4.58. The lowest BCUT2D eigenvalue weighted by Crippen LogP contribution is -2.31. The molecular weight excluding hydrogens is 300 g/mol. The van der Waals surface area contributed by atoms with Crippen LogP contribution in [-0.4, -0.2) is 29.7 Å². The molecule has 5 heteroatoms. The van der Waals surface area contributed by atoms with Crippen molar-refractivity contribution >= 4 is 11.8 Å². The summed E-state index contributed by atoms with van der Waals surface area (Å²) in [5.41, 5.74) is 3.70. The Morgan fingerprint density at radius 2 is 2.08 bits per heavy atom. The molecule has 1 aliphatic rings. The first-order valence-electron chi connectivity index (χ1n) is 8.62. The molecule has 1 aromatic heterocycles. The minimum absolute atomic E-state index is 0.370. The summed E-state index contributed by atoms with van der Waals surface area (Å²) in [6, 6.07) is 8.77. The van der Waals surface area contributed by atoms with Gasteiger partial charge in [0.15, 0.2) is 0 Å². The summed E-state index contributed by atoms with van der Waals surface area (Å²) in [5.74, 6) is 2.65. The van der Waals surface area contributed by atoms with Crippen LogP contribution in [-0.2, 0) is 13.0 Å².